The molecule has 2 aliphatic rings. The van der Waals surface area contributed by atoms with Gasteiger partial charge in [0.05, 0.1) is 12.3 Å². The van der Waals surface area contributed by atoms with Gasteiger partial charge in [-0.15, -0.1) is 0 Å². The number of carbonyl (C=O) groups excluding carboxylic acids is 3. The van der Waals surface area contributed by atoms with Crippen molar-refractivity contribution >= 4 is 17.9 Å². The predicted octanol–water partition coefficient (Wildman–Crippen LogP) is 0.743. The van der Waals surface area contributed by atoms with E-state index in [-0.39, 0.29) is 37.1 Å². The summed E-state index contributed by atoms with van der Waals surface area (Å²) in [4.78, 5) is 33.7. The Balaban J connectivity index is 1.72. The molecule has 0 aromatic carbocycles. The Morgan fingerprint density at radius 3 is 2.95 bits per heavy atom. The van der Waals surface area contributed by atoms with Crippen LogP contribution in [-0.2, 0) is 28.6 Å². The van der Waals surface area contributed by atoms with Crippen LogP contribution in [0.2, 0.25) is 0 Å². The molecule has 6 nitrogen and oxygen atoms in total. The van der Waals surface area contributed by atoms with Gasteiger partial charge in [-0.1, -0.05) is 6.58 Å². The zero-order chi connectivity index (χ0) is 13.8. The van der Waals surface area contributed by atoms with Crippen molar-refractivity contribution in [3.05, 3.63) is 12.7 Å². The Morgan fingerprint density at radius 2 is 2.21 bits per heavy atom. The second kappa shape index (κ2) is 5.86. The number of fused-ring (bicyclic) bond motifs is 2. The predicted molar refractivity (Wildman–Crippen MR) is 62.9 cm³/mol. The fraction of sp³-hybridized carbons (Fsp3) is 0.615. The highest BCUT2D eigenvalue weighted by molar-refractivity contribution is 5.81. The fourth-order valence-electron chi connectivity index (χ4n) is 2.34. The molecule has 1 saturated heterocycles. The first-order valence-corrected chi connectivity index (χ1v) is 6.29. The Labute approximate surface area is 110 Å². The summed E-state index contributed by atoms with van der Waals surface area (Å²) in [6.07, 6.45) is 2.29. The van der Waals surface area contributed by atoms with Crippen molar-refractivity contribution in [2.24, 2.45) is 5.92 Å². The largest absolute Gasteiger partial charge is 0.462 e. The van der Waals surface area contributed by atoms with E-state index in [1.165, 1.54) is 0 Å². The van der Waals surface area contributed by atoms with Crippen molar-refractivity contribution in [3.63, 3.8) is 0 Å². The van der Waals surface area contributed by atoms with Crippen LogP contribution < -0.4 is 0 Å². The Hall–Kier alpha value is -1.85. The summed E-state index contributed by atoms with van der Waals surface area (Å²) < 4.78 is 15.1. The first kappa shape index (κ1) is 13.6. The van der Waals surface area contributed by atoms with E-state index < -0.39 is 11.9 Å². The standard InChI is InChI=1S/C13H16O6/c1-2-11(14)17-6-5-12(15)18-9-4-3-8-7-10(9)19-13(8)16/h2,8-10H,1,3-7H2. The number of hydrogen-bond donors (Lipinski definition) is 0. The lowest BCUT2D eigenvalue weighted by molar-refractivity contribution is -0.162. The lowest BCUT2D eigenvalue weighted by Crippen LogP contribution is -2.33. The lowest BCUT2D eigenvalue weighted by Gasteiger charge is -2.25. The molecule has 0 amide bonds. The van der Waals surface area contributed by atoms with Gasteiger partial charge in [-0.2, -0.15) is 0 Å². The monoisotopic (exact) mass is 268 g/mol. The van der Waals surface area contributed by atoms with Crippen molar-refractivity contribution in [1.82, 2.24) is 0 Å². The van der Waals surface area contributed by atoms with Gasteiger partial charge in [0.25, 0.3) is 0 Å². The molecule has 3 atom stereocenters. The molecular formula is C13H16O6. The molecule has 1 heterocycles. The average Bonchev–Trinajstić information content (AvgIpc) is 2.69. The van der Waals surface area contributed by atoms with E-state index in [1.54, 1.807) is 0 Å². The SMILES string of the molecule is C=CC(=O)OCCC(=O)OC1CCC2CC1OC2=O. The highest BCUT2D eigenvalue weighted by Crippen LogP contribution is 2.35. The van der Waals surface area contributed by atoms with Gasteiger partial charge >= 0.3 is 17.9 Å². The van der Waals surface area contributed by atoms with Crippen molar-refractivity contribution in [1.29, 1.82) is 0 Å². The van der Waals surface area contributed by atoms with Gasteiger partial charge in [0, 0.05) is 12.5 Å². The number of rotatable bonds is 5. The Kier molecular flexibility index (Phi) is 4.19. The number of ether oxygens (including phenoxy) is 3. The maximum Gasteiger partial charge on any atom is 0.330 e. The first-order chi connectivity index (χ1) is 9.10. The van der Waals surface area contributed by atoms with Gasteiger partial charge in [0.2, 0.25) is 0 Å². The minimum Gasteiger partial charge on any atom is -0.462 e. The summed E-state index contributed by atoms with van der Waals surface area (Å²) >= 11 is 0. The maximum atomic E-state index is 11.6. The average molecular weight is 268 g/mol. The third-order valence-corrected chi connectivity index (χ3v) is 3.33. The summed E-state index contributed by atoms with van der Waals surface area (Å²) in [5.41, 5.74) is 0. The third kappa shape index (κ3) is 3.33. The normalized spacial score (nSPS) is 28.4. The van der Waals surface area contributed by atoms with Crippen LogP contribution in [0.4, 0.5) is 0 Å². The summed E-state index contributed by atoms with van der Waals surface area (Å²) in [6.45, 7) is 3.21. The number of esters is 3. The van der Waals surface area contributed by atoms with Crippen molar-refractivity contribution in [2.45, 2.75) is 37.9 Å². The van der Waals surface area contributed by atoms with Crippen LogP contribution in [0.15, 0.2) is 12.7 Å². The van der Waals surface area contributed by atoms with Crippen LogP contribution in [-0.4, -0.2) is 36.7 Å². The molecule has 0 N–H and O–H groups in total. The first-order valence-electron chi connectivity index (χ1n) is 6.29. The molecule has 2 bridgehead atoms. The van der Waals surface area contributed by atoms with E-state index in [4.69, 9.17) is 9.47 Å². The molecule has 1 saturated carbocycles. The smallest absolute Gasteiger partial charge is 0.330 e. The van der Waals surface area contributed by atoms with E-state index >= 15 is 0 Å². The molecule has 19 heavy (non-hydrogen) atoms. The summed E-state index contributed by atoms with van der Waals surface area (Å²) in [6, 6.07) is 0. The summed E-state index contributed by atoms with van der Waals surface area (Å²) in [5, 5.41) is 0. The van der Waals surface area contributed by atoms with E-state index in [0.29, 0.717) is 19.3 Å². The van der Waals surface area contributed by atoms with Crippen molar-refractivity contribution in [2.75, 3.05) is 6.61 Å². The van der Waals surface area contributed by atoms with Gasteiger partial charge in [-0.25, -0.2) is 4.79 Å². The minimum atomic E-state index is -0.571. The number of hydrogen-bond acceptors (Lipinski definition) is 6. The van der Waals surface area contributed by atoms with Gasteiger partial charge in [-0.3, -0.25) is 9.59 Å². The van der Waals surface area contributed by atoms with Crippen molar-refractivity contribution < 1.29 is 28.6 Å². The molecule has 0 radical (unpaired) electrons. The van der Waals surface area contributed by atoms with Crippen LogP contribution in [0.1, 0.15) is 25.7 Å². The van der Waals surface area contributed by atoms with Crippen LogP contribution in [0.5, 0.6) is 0 Å². The molecular weight excluding hydrogens is 252 g/mol. The molecule has 1 aliphatic heterocycles. The highest BCUT2D eigenvalue weighted by atomic mass is 16.6. The quantitative estimate of drug-likeness (QED) is 0.416. The fourth-order valence-corrected chi connectivity index (χ4v) is 2.34. The minimum absolute atomic E-state index is 0.0137. The second-order valence-electron chi connectivity index (χ2n) is 4.64. The van der Waals surface area contributed by atoms with Gasteiger partial charge < -0.3 is 14.2 Å². The van der Waals surface area contributed by atoms with Gasteiger partial charge in [0.15, 0.2) is 0 Å². The topological polar surface area (TPSA) is 78.9 Å². The second-order valence-corrected chi connectivity index (χ2v) is 4.64. The molecule has 0 aromatic heterocycles. The van der Waals surface area contributed by atoms with Gasteiger partial charge in [-0.05, 0) is 12.8 Å². The molecule has 1 aliphatic carbocycles. The molecule has 2 rings (SSSR count). The molecule has 0 aromatic rings. The van der Waals surface area contributed by atoms with Crippen LogP contribution in [0.25, 0.3) is 0 Å². The lowest BCUT2D eigenvalue weighted by atomic mass is 9.88. The van der Waals surface area contributed by atoms with E-state index in [0.717, 1.165) is 6.08 Å². The maximum absolute atomic E-state index is 11.6. The highest BCUT2D eigenvalue weighted by Gasteiger charge is 2.44. The third-order valence-electron chi connectivity index (χ3n) is 3.33. The van der Waals surface area contributed by atoms with E-state index in [1.807, 2.05) is 0 Å². The Bertz CT molecular complexity index is 402. The van der Waals surface area contributed by atoms with Crippen LogP contribution in [0, 0.1) is 5.92 Å². The summed E-state index contributed by atoms with van der Waals surface area (Å²) in [5.74, 6) is -1.25. The molecule has 2 fully saturated rings. The summed E-state index contributed by atoms with van der Waals surface area (Å²) in [7, 11) is 0. The molecule has 6 heteroatoms. The van der Waals surface area contributed by atoms with Gasteiger partial charge in [0.1, 0.15) is 18.8 Å². The molecule has 0 spiro atoms. The zero-order valence-corrected chi connectivity index (χ0v) is 10.5. The van der Waals surface area contributed by atoms with E-state index in [2.05, 4.69) is 11.3 Å². The van der Waals surface area contributed by atoms with E-state index in [9.17, 15) is 14.4 Å². The molecule has 104 valence electrons. The Morgan fingerprint density at radius 1 is 1.42 bits per heavy atom. The van der Waals surface area contributed by atoms with Crippen molar-refractivity contribution in [3.8, 4) is 0 Å². The zero-order valence-electron chi connectivity index (χ0n) is 10.5. The number of carbonyl (C=O) groups is 3. The van der Waals surface area contributed by atoms with Crippen LogP contribution in [0.3, 0.4) is 0 Å². The van der Waals surface area contributed by atoms with Crippen LogP contribution >= 0.6 is 0 Å². The molecule has 3 unspecified atom stereocenters.